The second-order valence-electron chi connectivity index (χ2n) is 6.82. The maximum absolute atomic E-state index is 13.3. The van der Waals surface area contributed by atoms with Gasteiger partial charge >= 0.3 is 12.4 Å². The lowest BCUT2D eigenvalue weighted by atomic mass is 10.0. The summed E-state index contributed by atoms with van der Waals surface area (Å²) in [7, 11) is 1.59. The van der Waals surface area contributed by atoms with E-state index in [0.717, 1.165) is 0 Å². The molecular weight excluding hydrogens is 438 g/mol. The summed E-state index contributed by atoms with van der Waals surface area (Å²) in [5.41, 5.74) is -1.01. The first-order valence-electron chi connectivity index (χ1n) is 9.39. The summed E-state index contributed by atoms with van der Waals surface area (Å²) in [5.74, 6) is 0.271. The van der Waals surface area contributed by atoms with E-state index < -0.39 is 35.6 Å². The molecule has 32 heavy (non-hydrogen) atoms. The molecule has 0 aliphatic heterocycles. The number of rotatable bonds is 7. The van der Waals surface area contributed by atoms with Crippen molar-refractivity contribution in [2.75, 3.05) is 7.05 Å². The third kappa shape index (κ3) is 5.65. The van der Waals surface area contributed by atoms with Gasteiger partial charge in [0.2, 0.25) is 0 Å². The average Bonchev–Trinajstić information content (AvgIpc) is 3.17. The van der Waals surface area contributed by atoms with Crippen LogP contribution in [0.4, 0.5) is 26.3 Å². The van der Waals surface area contributed by atoms with Crippen LogP contribution in [0.5, 0.6) is 5.75 Å². The Morgan fingerprint density at radius 1 is 0.969 bits per heavy atom. The van der Waals surface area contributed by atoms with E-state index >= 15 is 0 Å². The normalized spacial score (nSPS) is 12.5. The number of nitrogens with one attached hydrogen (secondary N) is 1. The number of H-pyrrole nitrogens is 1. The van der Waals surface area contributed by atoms with E-state index in [1.54, 1.807) is 37.5 Å². The number of nitrogens with zero attached hydrogens (tertiary/aromatic N) is 3. The molecule has 0 atom stereocenters. The van der Waals surface area contributed by atoms with Gasteiger partial charge in [-0.1, -0.05) is 23.4 Å². The zero-order valence-electron chi connectivity index (χ0n) is 16.8. The highest BCUT2D eigenvalue weighted by Gasteiger charge is 2.37. The Morgan fingerprint density at radius 3 is 2.41 bits per heavy atom. The predicted molar refractivity (Wildman–Crippen MR) is 105 cm³/mol. The molecule has 0 unspecified atom stereocenters. The minimum absolute atomic E-state index is 0.271. The number of aromatic amines is 1. The summed E-state index contributed by atoms with van der Waals surface area (Å²) >= 11 is 0. The summed E-state index contributed by atoms with van der Waals surface area (Å²) in [6.45, 7) is -0.673. The molecule has 11 heteroatoms. The van der Waals surface area contributed by atoms with Crippen molar-refractivity contribution in [2.45, 2.75) is 31.8 Å². The number of hydrogen-bond donors (Lipinski definition) is 1. The molecule has 0 fully saturated rings. The number of benzene rings is 2. The maximum Gasteiger partial charge on any atom is 0.416 e. The Bertz CT molecular complexity index is 1090. The summed E-state index contributed by atoms with van der Waals surface area (Å²) < 4.78 is 84.4. The molecule has 0 radical (unpaired) electrons. The number of halogens is 6. The van der Waals surface area contributed by atoms with Crippen molar-refractivity contribution in [1.82, 2.24) is 15.4 Å². The lowest BCUT2D eigenvalue weighted by Crippen LogP contribution is -2.14. The molecule has 0 saturated carbocycles. The van der Waals surface area contributed by atoms with E-state index in [1.165, 1.54) is 0 Å². The molecule has 1 N–H and O–H groups in total. The molecule has 1 heterocycles. The van der Waals surface area contributed by atoms with E-state index in [2.05, 4.69) is 20.4 Å². The van der Waals surface area contributed by atoms with Crippen molar-refractivity contribution in [1.29, 1.82) is 0 Å². The van der Waals surface area contributed by atoms with Crippen LogP contribution in [0.25, 0.3) is 0 Å². The molecule has 0 spiro atoms. The van der Waals surface area contributed by atoms with Gasteiger partial charge in [-0.05, 0) is 42.7 Å². The zero-order valence-corrected chi connectivity index (χ0v) is 16.8. The van der Waals surface area contributed by atoms with Crippen LogP contribution in [0.15, 0.2) is 47.5 Å². The molecule has 0 aliphatic rings. The lowest BCUT2D eigenvalue weighted by Gasteiger charge is -2.17. The summed E-state index contributed by atoms with van der Waals surface area (Å²) in [6, 6.07) is 7.93. The number of aryl methyl sites for hydroxylation is 2. The third-order valence-electron chi connectivity index (χ3n) is 4.64. The first kappa shape index (κ1) is 23.3. The lowest BCUT2D eigenvalue weighted by molar-refractivity contribution is -0.142. The van der Waals surface area contributed by atoms with Gasteiger partial charge in [-0.3, -0.25) is 10.1 Å². The van der Waals surface area contributed by atoms with Crippen molar-refractivity contribution in [3.05, 3.63) is 76.1 Å². The van der Waals surface area contributed by atoms with Gasteiger partial charge < -0.3 is 4.74 Å². The molecule has 0 aliphatic carbocycles. The van der Waals surface area contributed by atoms with E-state index in [0.29, 0.717) is 48.0 Å². The fourth-order valence-electron chi connectivity index (χ4n) is 3.10. The molecule has 3 rings (SSSR count). The predicted octanol–water partition coefficient (Wildman–Crippen LogP) is 5.26. The van der Waals surface area contributed by atoms with E-state index in [1.807, 2.05) is 0 Å². The molecule has 0 amide bonds. The van der Waals surface area contributed by atoms with Crippen LogP contribution < -0.4 is 4.74 Å². The molecule has 170 valence electrons. The number of aromatic nitrogens is 3. The SMILES string of the molecule is C/N=C\c1[nH]nnc1CCc1ccccc1OCc1cc(C(F)(F)F)ccc1C(F)(F)F. The Balaban J connectivity index is 1.81. The number of alkyl halides is 6. The summed E-state index contributed by atoms with van der Waals surface area (Å²) in [6.07, 6.45) is -7.16. The van der Waals surface area contributed by atoms with Crippen molar-refractivity contribution >= 4 is 6.21 Å². The van der Waals surface area contributed by atoms with Crippen molar-refractivity contribution in [2.24, 2.45) is 4.99 Å². The van der Waals surface area contributed by atoms with Crippen molar-refractivity contribution in [3.63, 3.8) is 0 Å². The van der Waals surface area contributed by atoms with Crippen LogP contribution in [0.2, 0.25) is 0 Å². The quantitative estimate of drug-likeness (QED) is 0.390. The number of aliphatic imine (C=N–C) groups is 1. The Hall–Kier alpha value is -3.37. The van der Waals surface area contributed by atoms with Crippen LogP contribution in [-0.4, -0.2) is 28.7 Å². The van der Waals surface area contributed by atoms with E-state index in [-0.39, 0.29) is 5.75 Å². The van der Waals surface area contributed by atoms with Crippen LogP contribution in [-0.2, 0) is 31.8 Å². The smallest absolute Gasteiger partial charge is 0.416 e. The number of ether oxygens (including phenoxy) is 1. The Morgan fingerprint density at radius 2 is 1.72 bits per heavy atom. The second kappa shape index (κ2) is 9.41. The molecule has 1 aromatic heterocycles. The fourth-order valence-corrected chi connectivity index (χ4v) is 3.10. The highest BCUT2D eigenvalue weighted by Crippen LogP contribution is 2.37. The van der Waals surface area contributed by atoms with Crippen LogP contribution >= 0.6 is 0 Å². The molecule has 0 bridgehead atoms. The molecule has 5 nitrogen and oxygen atoms in total. The van der Waals surface area contributed by atoms with Gasteiger partial charge in [0.15, 0.2) is 0 Å². The van der Waals surface area contributed by atoms with Gasteiger partial charge in [0.05, 0.1) is 22.5 Å². The number of para-hydroxylation sites is 1. The molecule has 2 aromatic carbocycles. The van der Waals surface area contributed by atoms with Crippen molar-refractivity contribution in [3.8, 4) is 5.75 Å². The molecule has 0 saturated heterocycles. The second-order valence-corrected chi connectivity index (χ2v) is 6.82. The van der Waals surface area contributed by atoms with Gasteiger partial charge in [-0.25, -0.2) is 0 Å². The Kier molecular flexibility index (Phi) is 6.85. The van der Waals surface area contributed by atoms with E-state index in [4.69, 9.17) is 4.74 Å². The highest BCUT2D eigenvalue weighted by atomic mass is 19.4. The number of hydrogen-bond acceptors (Lipinski definition) is 4. The third-order valence-corrected chi connectivity index (χ3v) is 4.64. The average molecular weight is 456 g/mol. The van der Waals surface area contributed by atoms with Gasteiger partial charge in [0.1, 0.15) is 12.4 Å². The summed E-state index contributed by atoms with van der Waals surface area (Å²) in [5, 5.41) is 10.4. The monoisotopic (exact) mass is 456 g/mol. The van der Waals surface area contributed by atoms with Gasteiger partial charge in [0, 0.05) is 18.8 Å². The topological polar surface area (TPSA) is 63.2 Å². The Labute approximate surface area is 179 Å². The molecule has 3 aromatic rings. The minimum Gasteiger partial charge on any atom is -0.489 e. The van der Waals surface area contributed by atoms with Gasteiger partial charge in [-0.2, -0.15) is 26.3 Å². The van der Waals surface area contributed by atoms with Crippen LogP contribution in [0.1, 0.15) is 33.6 Å². The summed E-state index contributed by atoms with van der Waals surface area (Å²) in [4.78, 5) is 3.89. The highest BCUT2D eigenvalue weighted by molar-refractivity contribution is 5.77. The van der Waals surface area contributed by atoms with Crippen LogP contribution in [0, 0.1) is 0 Å². The standard InChI is InChI=1S/C21H18F6N4O/c1-28-11-18-17(29-31-30-18)9-6-13-4-2-3-5-19(13)32-12-14-10-15(20(22,23)24)7-8-16(14)21(25,26)27/h2-5,7-8,10-11H,6,9,12H2,1H3,(H,29,30,31)/b28-11-. The first-order chi connectivity index (χ1) is 15.1. The van der Waals surface area contributed by atoms with Gasteiger partial charge in [0.25, 0.3) is 0 Å². The van der Waals surface area contributed by atoms with E-state index in [9.17, 15) is 26.3 Å². The maximum atomic E-state index is 13.3. The van der Waals surface area contributed by atoms with Crippen LogP contribution in [0.3, 0.4) is 0 Å². The fraction of sp³-hybridized carbons (Fsp3) is 0.286. The van der Waals surface area contributed by atoms with Crippen molar-refractivity contribution < 1.29 is 31.1 Å². The largest absolute Gasteiger partial charge is 0.489 e. The zero-order chi connectivity index (χ0) is 23.4. The first-order valence-corrected chi connectivity index (χ1v) is 9.39. The molecular formula is C21H18F6N4O. The van der Waals surface area contributed by atoms with Gasteiger partial charge in [-0.15, -0.1) is 5.10 Å². The minimum atomic E-state index is -4.81.